The first-order valence-electron chi connectivity index (χ1n) is 6.30. The number of rotatable bonds is 2. The summed E-state index contributed by atoms with van der Waals surface area (Å²) in [6.45, 7) is 3.58. The number of nitrogens with one attached hydrogen (secondary N) is 1. The molecule has 2 nitrogen and oxygen atoms in total. The molecule has 2 aliphatic heterocycles. The Kier molecular flexibility index (Phi) is 4.39. The van der Waals surface area contributed by atoms with Crippen LogP contribution in [0, 0.1) is 11.8 Å². The fourth-order valence-electron chi connectivity index (χ4n) is 2.78. The molecule has 2 fully saturated rings. The van der Waals surface area contributed by atoms with Crippen molar-refractivity contribution in [3.63, 3.8) is 0 Å². The minimum atomic E-state index is -0.589. The number of halogens is 1. The zero-order chi connectivity index (χ0) is 10.5. The van der Waals surface area contributed by atoms with Gasteiger partial charge in [0, 0.05) is 13.2 Å². The van der Waals surface area contributed by atoms with Gasteiger partial charge < -0.3 is 10.1 Å². The van der Waals surface area contributed by atoms with Crippen molar-refractivity contribution < 1.29 is 9.13 Å². The summed E-state index contributed by atoms with van der Waals surface area (Å²) in [7, 11) is 0. The molecule has 0 amide bonds. The van der Waals surface area contributed by atoms with Crippen LogP contribution in [0.1, 0.15) is 32.1 Å². The van der Waals surface area contributed by atoms with Gasteiger partial charge in [-0.15, -0.1) is 0 Å². The smallest absolute Gasteiger partial charge is 0.106 e. The van der Waals surface area contributed by atoms with Crippen molar-refractivity contribution in [2.24, 2.45) is 11.8 Å². The molecule has 0 aliphatic carbocycles. The van der Waals surface area contributed by atoms with E-state index in [2.05, 4.69) is 5.32 Å². The summed E-state index contributed by atoms with van der Waals surface area (Å²) in [5.41, 5.74) is 0. The van der Waals surface area contributed by atoms with Crippen LogP contribution in [-0.2, 0) is 4.74 Å². The minimum absolute atomic E-state index is 0.266. The van der Waals surface area contributed by atoms with Crippen LogP contribution < -0.4 is 5.32 Å². The van der Waals surface area contributed by atoms with Crippen LogP contribution in [0.2, 0.25) is 0 Å². The monoisotopic (exact) mass is 215 g/mol. The van der Waals surface area contributed by atoms with Crippen LogP contribution in [0.3, 0.4) is 0 Å². The highest BCUT2D eigenvalue weighted by Gasteiger charge is 2.30. The summed E-state index contributed by atoms with van der Waals surface area (Å²) in [5, 5.41) is 3.34. The van der Waals surface area contributed by atoms with Crippen molar-refractivity contribution in [2.45, 2.75) is 38.3 Å². The number of ether oxygens (including phenoxy) is 1. The largest absolute Gasteiger partial charge is 0.381 e. The third-order valence-electron chi connectivity index (χ3n) is 3.79. The molecule has 0 radical (unpaired) electrons. The van der Waals surface area contributed by atoms with Crippen molar-refractivity contribution in [2.75, 3.05) is 26.3 Å². The Hall–Kier alpha value is -0.150. The zero-order valence-electron chi connectivity index (χ0n) is 9.38. The van der Waals surface area contributed by atoms with Gasteiger partial charge in [0.15, 0.2) is 0 Å². The maximum absolute atomic E-state index is 14.3. The molecule has 88 valence electrons. The topological polar surface area (TPSA) is 21.3 Å². The van der Waals surface area contributed by atoms with E-state index in [1.807, 2.05) is 0 Å². The highest BCUT2D eigenvalue weighted by molar-refractivity contribution is 4.80. The van der Waals surface area contributed by atoms with Crippen molar-refractivity contribution in [1.29, 1.82) is 0 Å². The second kappa shape index (κ2) is 5.80. The lowest BCUT2D eigenvalue weighted by molar-refractivity contribution is 0.0184. The van der Waals surface area contributed by atoms with Gasteiger partial charge in [-0.05, 0) is 57.0 Å². The predicted molar refractivity (Wildman–Crippen MR) is 58.6 cm³/mol. The lowest BCUT2D eigenvalue weighted by atomic mass is 9.83. The summed E-state index contributed by atoms with van der Waals surface area (Å²) in [5.74, 6) is 0.560. The third-order valence-corrected chi connectivity index (χ3v) is 3.79. The summed E-state index contributed by atoms with van der Waals surface area (Å²) in [4.78, 5) is 0. The fraction of sp³-hybridized carbons (Fsp3) is 1.00. The van der Waals surface area contributed by atoms with E-state index in [-0.39, 0.29) is 5.92 Å². The molecule has 0 aromatic rings. The molecule has 2 saturated heterocycles. The summed E-state index contributed by atoms with van der Waals surface area (Å²) in [6.07, 6.45) is 4.46. The molecule has 15 heavy (non-hydrogen) atoms. The van der Waals surface area contributed by atoms with Gasteiger partial charge in [0.2, 0.25) is 0 Å². The zero-order valence-corrected chi connectivity index (χ0v) is 9.38. The molecule has 1 N–H and O–H groups in total. The average molecular weight is 215 g/mol. The molecule has 0 aromatic carbocycles. The lowest BCUT2D eigenvalue weighted by Gasteiger charge is -2.30. The van der Waals surface area contributed by atoms with E-state index in [9.17, 15) is 4.39 Å². The SMILES string of the molecule is FC(C1CCCNCC1)C1CCOCC1. The first kappa shape index (κ1) is 11.3. The summed E-state index contributed by atoms with van der Waals surface area (Å²) in [6, 6.07) is 0. The maximum Gasteiger partial charge on any atom is 0.106 e. The van der Waals surface area contributed by atoms with Crippen LogP contribution in [0.25, 0.3) is 0 Å². The van der Waals surface area contributed by atoms with Gasteiger partial charge in [0.25, 0.3) is 0 Å². The molecule has 0 bridgehead atoms. The summed E-state index contributed by atoms with van der Waals surface area (Å²) >= 11 is 0. The Morgan fingerprint density at radius 2 is 1.73 bits per heavy atom. The van der Waals surface area contributed by atoms with E-state index in [4.69, 9.17) is 4.74 Å². The Labute approximate surface area is 91.6 Å². The van der Waals surface area contributed by atoms with Gasteiger partial charge in [-0.25, -0.2) is 4.39 Å². The van der Waals surface area contributed by atoms with Crippen LogP contribution in [0.5, 0.6) is 0 Å². The number of hydrogen-bond acceptors (Lipinski definition) is 2. The van der Waals surface area contributed by atoms with Gasteiger partial charge in [-0.1, -0.05) is 0 Å². The van der Waals surface area contributed by atoms with E-state index in [1.54, 1.807) is 0 Å². The standard InChI is InChI=1S/C12H22FNO/c13-12(11-4-8-15-9-5-11)10-2-1-6-14-7-3-10/h10-12,14H,1-9H2. The molecule has 2 unspecified atom stereocenters. The second-order valence-electron chi connectivity index (χ2n) is 4.84. The Balaban J connectivity index is 1.83. The average Bonchev–Trinajstić information content (AvgIpc) is 2.58. The van der Waals surface area contributed by atoms with Gasteiger partial charge >= 0.3 is 0 Å². The van der Waals surface area contributed by atoms with Crippen LogP contribution in [-0.4, -0.2) is 32.5 Å². The van der Waals surface area contributed by atoms with Crippen molar-refractivity contribution in [3.8, 4) is 0 Å². The lowest BCUT2D eigenvalue weighted by Crippen LogP contribution is -2.30. The van der Waals surface area contributed by atoms with Crippen molar-refractivity contribution >= 4 is 0 Å². The Bertz CT molecular complexity index is 174. The second-order valence-corrected chi connectivity index (χ2v) is 4.84. The Morgan fingerprint density at radius 3 is 2.53 bits per heavy atom. The van der Waals surface area contributed by atoms with Crippen LogP contribution in [0.4, 0.5) is 4.39 Å². The third kappa shape index (κ3) is 3.15. The van der Waals surface area contributed by atoms with E-state index in [0.717, 1.165) is 58.4 Å². The quantitative estimate of drug-likeness (QED) is 0.762. The molecule has 0 saturated carbocycles. The van der Waals surface area contributed by atoms with E-state index < -0.39 is 6.17 Å². The fourth-order valence-corrected chi connectivity index (χ4v) is 2.78. The molecule has 3 heteroatoms. The molecule has 2 heterocycles. The first-order chi connectivity index (χ1) is 7.38. The highest BCUT2D eigenvalue weighted by Crippen LogP contribution is 2.31. The molecule has 2 atom stereocenters. The molecule has 2 rings (SSSR count). The molecular weight excluding hydrogens is 193 g/mol. The maximum atomic E-state index is 14.3. The van der Waals surface area contributed by atoms with Gasteiger partial charge in [0.05, 0.1) is 0 Å². The molecular formula is C12H22FNO. The van der Waals surface area contributed by atoms with Gasteiger partial charge in [-0.3, -0.25) is 0 Å². The predicted octanol–water partition coefficient (Wildman–Crippen LogP) is 2.14. The molecule has 0 aromatic heterocycles. The highest BCUT2D eigenvalue weighted by atomic mass is 19.1. The summed E-state index contributed by atoms with van der Waals surface area (Å²) < 4.78 is 19.6. The minimum Gasteiger partial charge on any atom is -0.381 e. The van der Waals surface area contributed by atoms with Crippen LogP contribution in [0.15, 0.2) is 0 Å². The van der Waals surface area contributed by atoms with Crippen molar-refractivity contribution in [1.82, 2.24) is 5.32 Å². The van der Waals surface area contributed by atoms with Crippen molar-refractivity contribution in [3.05, 3.63) is 0 Å². The van der Waals surface area contributed by atoms with Crippen LogP contribution >= 0.6 is 0 Å². The number of alkyl halides is 1. The van der Waals surface area contributed by atoms with Gasteiger partial charge in [-0.2, -0.15) is 0 Å². The normalized spacial score (nSPS) is 32.2. The molecule has 2 aliphatic rings. The number of hydrogen-bond donors (Lipinski definition) is 1. The van der Waals surface area contributed by atoms with E-state index in [1.165, 1.54) is 0 Å². The van der Waals surface area contributed by atoms with E-state index in [0.29, 0.717) is 5.92 Å². The Morgan fingerprint density at radius 1 is 1.00 bits per heavy atom. The first-order valence-corrected chi connectivity index (χ1v) is 6.30. The van der Waals surface area contributed by atoms with E-state index >= 15 is 0 Å². The molecule has 0 spiro atoms. The van der Waals surface area contributed by atoms with Gasteiger partial charge in [0.1, 0.15) is 6.17 Å².